The van der Waals surface area contributed by atoms with Crippen molar-refractivity contribution in [3.8, 4) is 0 Å². The lowest BCUT2D eigenvalue weighted by molar-refractivity contribution is -0.152. The summed E-state index contributed by atoms with van der Waals surface area (Å²) in [6, 6.07) is 0. The number of esters is 1. The Morgan fingerprint density at radius 1 is 1.28 bits per heavy atom. The fourth-order valence-corrected chi connectivity index (χ4v) is 2.05. The molecule has 6 nitrogen and oxygen atoms in total. The summed E-state index contributed by atoms with van der Waals surface area (Å²) >= 11 is 0. The molecular formula is C12H21NO5. The summed E-state index contributed by atoms with van der Waals surface area (Å²) in [7, 11) is 2.56. The zero-order chi connectivity index (χ0) is 14.1. The summed E-state index contributed by atoms with van der Waals surface area (Å²) < 4.78 is 15.1. The van der Waals surface area contributed by atoms with Crippen molar-refractivity contribution in [1.82, 2.24) is 4.90 Å². The normalized spacial score (nSPS) is 28.1. The number of ether oxygens (including phenoxy) is 3. The Morgan fingerprint density at radius 3 is 2.22 bits per heavy atom. The standard InChI is InChI=1S/C12H21NO5/c1-11(2,3)8-13(10(15)17-6)12(4,7-18-8)9(14)16-5/h8H,7H2,1-6H3/t8-,12+/m1/s1. The maximum absolute atomic E-state index is 11.9. The third-order valence-corrected chi connectivity index (χ3v) is 3.03. The van der Waals surface area contributed by atoms with Crippen LogP contribution in [0, 0.1) is 5.41 Å². The van der Waals surface area contributed by atoms with Crippen LogP contribution in [-0.4, -0.2) is 49.6 Å². The number of nitrogens with zero attached hydrogens (tertiary/aromatic N) is 1. The molecular weight excluding hydrogens is 238 g/mol. The molecule has 1 amide bonds. The van der Waals surface area contributed by atoms with Crippen molar-refractivity contribution >= 4 is 12.1 Å². The number of amides is 1. The van der Waals surface area contributed by atoms with Gasteiger partial charge in [-0.1, -0.05) is 20.8 Å². The minimum absolute atomic E-state index is 0.0940. The van der Waals surface area contributed by atoms with Gasteiger partial charge >= 0.3 is 12.1 Å². The summed E-state index contributed by atoms with van der Waals surface area (Å²) in [6.07, 6.45) is -1.13. The van der Waals surface area contributed by atoms with Crippen LogP contribution >= 0.6 is 0 Å². The van der Waals surface area contributed by atoms with Gasteiger partial charge in [0.2, 0.25) is 0 Å². The largest absolute Gasteiger partial charge is 0.467 e. The van der Waals surface area contributed by atoms with E-state index in [0.717, 1.165) is 0 Å². The van der Waals surface area contributed by atoms with E-state index in [4.69, 9.17) is 14.2 Å². The Kier molecular flexibility index (Phi) is 3.90. The molecule has 104 valence electrons. The quantitative estimate of drug-likeness (QED) is 0.666. The second kappa shape index (κ2) is 4.76. The summed E-state index contributed by atoms with van der Waals surface area (Å²) in [5.74, 6) is -0.514. The first-order valence-electron chi connectivity index (χ1n) is 5.76. The Hall–Kier alpha value is -1.30. The highest BCUT2D eigenvalue weighted by atomic mass is 16.6. The second-order valence-electron chi connectivity index (χ2n) is 5.63. The number of methoxy groups -OCH3 is 2. The van der Waals surface area contributed by atoms with Crippen LogP contribution in [0.15, 0.2) is 0 Å². The maximum Gasteiger partial charge on any atom is 0.412 e. The zero-order valence-electron chi connectivity index (χ0n) is 11.8. The molecule has 0 spiro atoms. The van der Waals surface area contributed by atoms with E-state index in [1.54, 1.807) is 6.92 Å². The lowest BCUT2D eigenvalue weighted by Crippen LogP contribution is -2.57. The van der Waals surface area contributed by atoms with Gasteiger partial charge in [0.1, 0.15) is 6.23 Å². The molecule has 0 bridgehead atoms. The van der Waals surface area contributed by atoms with Crippen LogP contribution in [0.1, 0.15) is 27.7 Å². The first kappa shape index (κ1) is 14.8. The van der Waals surface area contributed by atoms with E-state index in [1.165, 1.54) is 19.1 Å². The fraction of sp³-hybridized carbons (Fsp3) is 0.833. The molecule has 18 heavy (non-hydrogen) atoms. The van der Waals surface area contributed by atoms with Crippen LogP contribution in [0.4, 0.5) is 4.79 Å². The van der Waals surface area contributed by atoms with Crippen molar-refractivity contribution < 1.29 is 23.8 Å². The average molecular weight is 259 g/mol. The highest BCUT2D eigenvalue weighted by molar-refractivity contribution is 5.86. The Balaban J connectivity index is 3.16. The van der Waals surface area contributed by atoms with Gasteiger partial charge in [0.05, 0.1) is 20.8 Å². The number of carbonyl (C=O) groups is 2. The van der Waals surface area contributed by atoms with Gasteiger partial charge in [-0.05, 0) is 6.92 Å². The topological polar surface area (TPSA) is 65.1 Å². The number of hydrogen-bond acceptors (Lipinski definition) is 5. The molecule has 1 fully saturated rings. The van der Waals surface area contributed by atoms with E-state index < -0.39 is 23.8 Å². The molecule has 0 aromatic heterocycles. The summed E-state index contributed by atoms with van der Waals surface area (Å²) in [5, 5.41) is 0. The third-order valence-electron chi connectivity index (χ3n) is 3.03. The van der Waals surface area contributed by atoms with Crippen LogP contribution in [0.3, 0.4) is 0 Å². The summed E-state index contributed by atoms with van der Waals surface area (Å²) in [6.45, 7) is 7.49. The molecule has 1 heterocycles. The lowest BCUT2D eigenvalue weighted by Gasteiger charge is -2.37. The number of hydrogen-bond donors (Lipinski definition) is 0. The molecule has 0 saturated carbocycles. The molecule has 1 aliphatic rings. The predicted octanol–water partition coefficient (Wildman–Crippen LogP) is 1.39. The molecule has 0 unspecified atom stereocenters. The van der Waals surface area contributed by atoms with Crippen LogP contribution in [0.5, 0.6) is 0 Å². The molecule has 0 radical (unpaired) electrons. The van der Waals surface area contributed by atoms with E-state index in [1.807, 2.05) is 20.8 Å². The van der Waals surface area contributed by atoms with Crippen molar-refractivity contribution in [2.75, 3.05) is 20.8 Å². The van der Waals surface area contributed by atoms with Crippen LogP contribution < -0.4 is 0 Å². The van der Waals surface area contributed by atoms with Crippen LogP contribution in [-0.2, 0) is 19.0 Å². The van der Waals surface area contributed by atoms with Gasteiger partial charge in [-0.3, -0.25) is 4.90 Å². The molecule has 0 aliphatic carbocycles. The fourth-order valence-electron chi connectivity index (χ4n) is 2.05. The molecule has 1 rings (SSSR count). The van der Waals surface area contributed by atoms with E-state index >= 15 is 0 Å². The minimum atomic E-state index is -1.15. The van der Waals surface area contributed by atoms with Gasteiger partial charge in [0, 0.05) is 5.41 Å². The molecule has 2 atom stereocenters. The molecule has 1 aliphatic heterocycles. The highest BCUT2D eigenvalue weighted by Gasteiger charge is 2.56. The first-order valence-corrected chi connectivity index (χ1v) is 5.76. The van der Waals surface area contributed by atoms with Crippen molar-refractivity contribution in [1.29, 1.82) is 0 Å². The van der Waals surface area contributed by atoms with Gasteiger partial charge in [-0.2, -0.15) is 0 Å². The Bertz CT molecular complexity index is 349. The van der Waals surface area contributed by atoms with Crippen molar-refractivity contribution in [3.05, 3.63) is 0 Å². The van der Waals surface area contributed by atoms with E-state index in [9.17, 15) is 9.59 Å². The first-order chi connectivity index (χ1) is 8.18. The van der Waals surface area contributed by atoms with E-state index in [0.29, 0.717) is 0 Å². The van der Waals surface area contributed by atoms with E-state index in [-0.39, 0.29) is 12.0 Å². The van der Waals surface area contributed by atoms with Gasteiger partial charge in [-0.25, -0.2) is 9.59 Å². The summed E-state index contributed by atoms with van der Waals surface area (Å²) in [4.78, 5) is 25.1. The maximum atomic E-state index is 11.9. The average Bonchev–Trinajstić information content (AvgIpc) is 2.66. The molecule has 0 aromatic carbocycles. The Morgan fingerprint density at radius 2 is 1.83 bits per heavy atom. The van der Waals surface area contributed by atoms with Gasteiger partial charge in [-0.15, -0.1) is 0 Å². The Labute approximate surface area is 107 Å². The molecule has 0 aromatic rings. The lowest BCUT2D eigenvalue weighted by atomic mass is 9.91. The SMILES string of the molecule is COC(=O)N1[C@@H](C(C)(C)C)OC[C@@]1(C)C(=O)OC. The molecule has 1 saturated heterocycles. The third kappa shape index (κ3) is 2.29. The number of carbonyl (C=O) groups excluding carboxylic acids is 2. The van der Waals surface area contributed by atoms with Gasteiger partial charge in [0.15, 0.2) is 5.54 Å². The van der Waals surface area contributed by atoms with Crippen molar-refractivity contribution in [2.45, 2.75) is 39.5 Å². The zero-order valence-corrected chi connectivity index (χ0v) is 11.8. The highest BCUT2D eigenvalue weighted by Crippen LogP contribution is 2.37. The minimum Gasteiger partial charge on any atom is -0.467 e. The van der Waals surface area contributed by atoms with Crippen molar-refractivity contribution in [3.63, 3.8) is 0 Å². The van der Waals surface area contributed by atoms with Crippen LogP contribution in [0.2, 0.25) is 0 Å². The summed E-state index contributed by atoms with van der Waals surface area (Å²) in [5.41, 5.74) is -1.49. The second-order valence-corrected chi connectivity index (χ2v) is 5.63. The van der Waals surface area contributed by atoms with Gasteiger partial charge < -0.3 is 14.2 Å². The van der Waals surface area contributed by atoms with Crippen LogP contribution in [0.25, 0.3) is 0 Å². The van der Waals surface area contributed by atoms with E-state index in [2.05, 4.69) is 0 Å². The smallest absolute Gasteiger partial charge is 0.412 e. The predicted molar refractivity (Wildman–Crippen MR) is 63.9 cm³/mol. The monoisotopic (exact) mass is 259 g/mol. The van der Waals surface area contributed by atoms with Gasteiger partial charge in [0.25, 0.3) is 0 Å². The molecule has 0 N–H and O–H groups in total. The van der Waals surface area contributed by atoms with Crippen molar-refractivity contribution in [2.24, 2.45) is 5.41 Å². The molecule has 6 heteroatoms. The number of rotatable bonds is 1.